The van der Waals surface area contributed by atoms with Gasteiger partial charge in [-0.2, -0.15) is 5.26 Å². The molecule has 178 valence electrons. The van der Waals surface area contributed by atoms with Gasteiger partial charge >= 0.3 is 0 Å². The zero-order valence-electron chi connectivity index (χ0n) is 19.9. The van der Waals surface area contributed by atoms with E-state index in [4.69, 9.17) is 4.74 Å². The van der Waals surface area contributed by atoms with Crippen LogP contribution < -0.4 is 4.74 Å². The third-order valence-electron chi connectivity index (χ3n) is 6.50. The zero-order chi connectivity index (χ0) is 23.1. The summed E-state index contributed by atoms with van der Waals surface area (Å²) in [5.41, 5.74) is 4.85. The van der Waals surface area contributed by atoms with Crippen LogP contribution in [0.3, 0.4) is 0 Å². The molecular formula is C29H40N2O2. The molecule has 1 aliphatic heterocycles. The highest BCUT2D eigenvalue weighted by molar-refractivity contribution is 5.51. The van der Waals surface area contributed by atoms with Gasteiger partial charge in [-0.25, -0.2) is 0 Å². The number of carbonyl (C=O) groups is 1. The predicted molar refractivity (Wildman–Crippen MR) is 136 cm³/mol. The molecule has 1 aliphatic carbocycles. The van der Waals surface area contributed by atoms with Gasteiger partial charge in [0.15, 0.2) is 0 Å². The second-order valence-corrected chi connectivity index (χ2v) is 9.64. The Kier molecular flexibility index (Phi) is 10.1. The van der Waals surface area contributed by atoms with Crippen LogP contribution in [-0.2, 0) is 17.6 Å². The number of nitrogens with zero attached hydrogens (tertiary/aromatic N) is 2. The Balaban J connectivity index is 0.000000583. The summed E-state index contributed by atoms with van der Waals surface area (Å²) in [6.45, 7) is 10.1. The van der Waals surface area contributed by atoms with Crippen LogP contribution in [0.2, 0.25) is 0 Å². The van der Waals surface area contributed by atoms with E-state index in [9.17, 15) is 10.1 Å². The molecular weight excluding hydrogens is 408 g/mol. The van der Waals surface area contributed by atoms with Gasteiger partial charge in [0.05, 0.1) is 18.2 Å². The van der Waals surface area contributed by atoms with Gasteiger partial charge in [0.2, 0.25) is 0 Å². The molecule has 33 heavy (non-hydrogen) atoms. The minimum Gasteiger partial charge on any atom is -0.493 e. The second kappa shape index (κ2) is 12.6. The number of carbonyl (C=O) groups excluding carboxylic acids is 1. The molecule has 0 aromatic heterocycles. The van der Waals surface area contributed by atoms with Crippen molar-refractivity contribution in [3.05, 3.63) is 64.7 Å². The topological polar surface area (TPSA) is 53.3 Å². The summed E-state index contributed by atoms with van der Waals surface area (Å²) in [5.74, 6) is 1.77. The number of hydrogen-bond donors (Lipinski definition) is 0. The maximum absolute atomic E-state index is 9.50. The molecule has 0 spiro atoms. The number of benzene rings is 2. The highest BCUT2D eigenvalue weighted by atomic mass is 16.5. The van der Waals surface area contributed by atoms with Crippen molar-refractivity contribution in [3.8, 4) is 11.8 Å². The van der Waals surface area contributed by atoms with Crippen LogP contribution in [0.5, 0.6) is 5.75 Å². The summed E-state index contributed by atoms with van der Waals surface area (Å²) in [6.07, 6.45) is 5.53. The predicted octanol–water partition coefficient (Wildman–Crippen LogP) is 5.99. The molecule has 0 bridgehead atoms. The van der Waals surface area contributed by atoms with Crippen molar-refractivity contribution in [3.63, 3.8) is 0 Å². The van der Waals surface area contributed by atoms with Crippen molar-refractivity contribution in [1.82, 2.24) is 4.90 Å². The molecule has 1 unspecified atom stereocenters. The van der Waals surface area contributed by atoms with Crippen LogP contribution >= 0.6 is 0 Å². The average Bonchev–Trinajstić information content (AvgIpc) is 3.18. The Morgan fingerprint density at radius 3 is 2.52 bits per heavy atom. The molecule has 3 atom stereocenters. The van der Waals surface area contributed by atoms with Crippen LogP contribution in [0.1, 0.15) is 63.3 Å². The molecule has 1 heterocycles. The highest BCUT2D eigenvalue weighted by Gasteiger charge is 2.35. The first kappa shape index (κ1) is 26.6. The zero-order valence-corrected chi connectivity index (χ0v) is 19.9. The van der Waals surface area contributed by atoms with E-state index in [1.165, 1.54) is 29.5 Å². The lowest BCUT2D eigenvalue weighted by Crippen LogP contribution is -2.41. The molecule has 4 rings (SSSR count). The van der Waals surface area contributed by atoms with Gasteiger partial charge in [0, 0.05) is 30.5 Å². The number of aldehydes is 1. The van der Waals surface area contributed by atoms with Gasteiger partial charge in [-0.1, -0.05) is 45.0 Å². The van der Waals surface area contributed by atoms with E-state index in [1.54, 1.807) is 0 Å². The Morgan fingerprint density at radius 2 is 1.88 bits per heavy atom. The standard InChI is InChI=1S/C24H28N2O.C4H8O.CH4/c1-17-3-9-24(10-4-17)27-16-20-11-18(2)26(15-20)23-8-7-21-6-5-19(14-25)12-22(21)13-23;1-4(2)3-5;/h3-6,9-10,12,18,20,23H,7-8,11,13,15-16H2,1-2H3;3-4H,1-2H3;1H4/t18-,20+,23?;;/m1../s1. The van der Waals surface area contributed by atoms with Crippen LogP contribution in [0, 0.1) is 30.1 Å². The van der Waals surface area contributed by atoms with E-state index < -0.39 is 0 Å². The Labute approximate surface area is 200 Å². The molecule has 0 saturated carbocycles. The fourth-order valence-electron chi connectivity index (χ4n) is 4.74. The lowest BCUT2D eigenvalue weighted by molar-refractivity contribution is -0.110. The van der Waals surface area contributed by atoms with Gasteiger partial charge in [-0.15, -0.1) is 0 Å². The molecule has 4 heteroatoms. The summed E-state index contributed by atoms with van der Waals surface area (Å²) >= 11 is 0. The number of ether oxygens (including phenoxy) is 1. The number of rotatable bonds is 5. The first-order valence-corrected chi connectivity index (χ1v) is 11.8. The number of aryl methyl sites for hydroxylation is 2. The van der Waals surface area contributed by atoms with Gasteiger partial charge in [0.1, 0.15) is 12.0 Å². The van der Waals surface area contributed by atoms with Crippen molar-refractivity contribution in [2.75, 3.05) is 13.2 Å². The van der Waals surface area contributed by atoms with Gasteiger partial charge in [-0.3, -0.25) is 4.90 Å². The SMILES string of the molecule is C.CC(C)C=O.Cc1ccc(OC[C@H]2C[C@@H](C)N(C3CCc4ccc(C#N)cc4C3)C2)cc1. The molecule has 2 aliphatic rings. The van der Waals surface area contributed by atoms with Crippen LogP contribution in [0.15, 0.2) is 42.5 Å². The van der Waals surface area contributed by atoms with Gasteiger partial charge in [0.25, 0.3) is 0 Å². The van der Waals surface area contributed by atoms with Crippen molar-refractivity contribution >= 4 is 6.29 Å². The molecule has 2 aromatic rings. The smallest absolute Gasteiger partial charge is 0.122 e. The fourth-order valence-corrected chi connectivity index (χ4v) is 4.74. The van der Waals surface area contributed by atoms with Crippen molar-refractivity contribution in [2.45, 2.75) is 72.9 Å². The minimum absolute atomic E-state index is 0. The molecule has 1 saturated heterocycles. The normalized spacial score (nSPS) is 21.8. The first-order valence-electron chi connectivity index (χ1n) is 11.8. The van der Waals surface area contributed by atoms with Gasteiger partial charge in [-0.05, 0) is 74.9 Å². The summed E-state index contributed by atoms with van der Waals surface area (Å²) < 4.78 is 6.05. The molecule has 0 N–H and O–H groups in total. The quantitative estimate of drug-likeness (QED) is 0.527. The third-order valence-corrected chi connectivity index (χ3v) is 6.50. The van der Waals surface area contributed by atoms with E-state index in [2.05, 4.69) is 61.2 Å². The Morgan fingerprint density at radius 1 is 1.18 bits per heavy atom. The van der Waals surface area contributed by atoms with Crippen molar-refractivity contribution < 1.29 is 9.53 Å². The Hall–Kier alpha value is -2.64. The lowest BCUT2D eigenvalue weighted by Gasteiger charge is -2.35. The Bertz CT molecular complexity index is 930. The van der Waals surface area contributed by atoms with E-state index in [0.717, 1.165) is 43.6 Å². The van der Waals surface area contributed by atoms with Crippen molar-refractivity contribution in [1.29, 1.82) is 5.26 Å². The average molecular weight is 449 g/mol. The molecule has 4 nitrogen and oxygen atoms in total. The van der Waals surface area contributed by atoms with Gasteiger partial charge < -0.3 is 9.53 Å². The lowest BCUT2D eigenvalue weighted by atomic mass is 9.86. The van der Waals surface area contributed by atoms with Crippen LogP contribution in [0.4, 0.5) is 0 Å². The van der Waals surface area contributed by atoms with Crippen LogP contribution in [0.25, 0.3) is 0 Å². The first-order chi connectivity index (χ1) is 15.4. The fraction of sp³-hybridized carbons (Fsp3) is 0.517. The summed E-state index contributed by atoms with van der Waals surface area (Å²) in [7, 11) is 0. The summed E-state index contributed by atoms with van der Waals surface area (Å²) in [5, 5.41) is 9.19. The van der Waals surface area contributed by atoms with E-state index in [1.807, 2.05) is 19.9 Å². The van der Waals surface area contributed by atoms with Crippen LogP contribution in [-0.4, -0.2) is 36.4 Å². The molecule has 0 amide bonds. The summed E-state index contributed by atoms with van der Waals surface area (Å²) in [4.78, 5) is 12.2. The number of fused-ring (bicyclic) bond motifs is 1. The second-order valence-electron chi connectivity index (χ2n) is 9.64. The molecule has 2 aromatic carbocycles. The maximum Gasteiger partial charge on any atom is 0.122 e. The monoisotopic (exact) mass is 448 g/mol. The van der Waals surface area contributed by atoms with Crippen molar-refractivity contribution in [2.24, 2.45) is 11.8 Å². The number of hydrogen-bond acceptors (Lipinski definition) is 4. The number of nitriles is 1. The van der Waals surface area contributed by atoms with E-state index in [0.29, 0.717) is 18.0 Å². The minimum atomic E-state index is 0. The molecule has 0 radical (unpaired) electrons. The molecule has 1 fully saturated rings. The van der Waals surface area contributed by atoms with E-state index >= 15 is 0 Å². The maximum atomic E-state index is 9.50. The highest BCUT2D eigenvalue weighted by Crippen LogP contribution is 2.32. The third kappa shape index (κ3) is 7.44. The largest absolute Gasteiger partial charge is 0.493 e. The summed E-state index contributed by atoms with van der Waals surface area (Å²) in [6, 6.07) is 18.0. The van der Waals surface area contributed by atoms with E-state index in [-0.39, 0.29) is 13.3 Å². The number of likely N-dealkylation sites (tertiary alicyclic amines) is 1.